The van der Waals surface area contributed by atoms with Gasteiger partial charge in [0.25, 0.3) is 0 Å². The van der Waals surface area contributed by atoms with Crippen LogP contribution in [0.2, 0.25) is 10.0 Å². The zero-order valence-electron chi connectivity index (χ0n) is 11.7. The lowest BCUT2D eigenvalue weighted by molar-refractivity contribution is 0.174. The molecule has 2 aromatic carbocycles. The van der Waals surface area contributed by atoms with Gasteiger partial charge in [-0.05, 0) is 49.2 Å². The van der Waals surface area contributed by atoms with E-state index in [1.165, 1.54) is 0 Å². The summed E-state index contributed by atoms with van der Waals surface area (Å²) in [5, 5.41) is 4.72. The highest BCUT2D eigenvalue weighted by Crippen LogP contribution is 2.36. The average molecular weight is 324 g/mol. The molecule has 0 saturated carbocycles. The van der Waals surface area contributed by atoms with Crippen LogP contribution in [0.3, 0.4) is 0 Å². The van der Waals surface area contributed by atoms with Gasteiger partial charge in [0.15, 0.2) is 11.5 Å². The fraction of sp³-hybridized carbons (Fsp3) is 0.250. The van der Waals surface area contributed by atoms with Crippen molar-refractivity contribution in [1.82, 2.24) is 0 Å². The molecule has 5 heteroatoms. The van der Waals surface area contributed by atoms with Crippen LogP contribution in [0, 0.1) is 6.92 Å². The van der Waals surface area contributed by atoms with Crippen LogP contribution in [0.25, 0.3) is 0 Å². The van der Waals surface area contributed by atoms with Crippen molar-refractivity contribution >= 4 is 28.9 Å². The second-order valence-electron chi connectivity index (χ2n) is 5.06. The van der Waals surface area contributed by atoms with Crippen molar-refractivity contribution in [1.29, 1.82) is 0 Å². The van der Waals surface area contributed by atoms with Gasteiger partial charge in [0, 0.05) is 11.1 Å². The van der Waals surface area contributed by atoms with Crippen LogP contribution in [0.15, 0.2) is 30.3 Å². The standard InChI is InChI=1S/C16H15Cl2NO2/c1-9-5-13(18)14(7-12(9)17)19-10(2)11-3-4-15-16(6-11)21-8-20-15/h3-7,10,19H,8H2,1-2H3. The van der Waals surface area contributed by atoms with Gasteiger partial charge in [-0.2, -0.15) is 0 Å². The van der Waals surface area contributed by atoms with E-state index in [0.29, 0.717) is 10.0 Å². The van der Waals surface area contributed by atoms with Gasteiger partial charge >= 0.3 is 0 Å². The van der Waals surface area contributed by atoms with Crippen LogP contribution in [0.4, 0.5) is 5.69 Å². The zero-order chi connectivity index (χ0) is 15.0. The lowest BCUT2D eigenvalue weighted by Gasteiger charge is -2.18. The third-order valence-corrected chi connectivity index (χ3v) is 4.24. The smallest absolute Gasteiger partial charge is 0.231 e. The summed E-state index contributed by atoms with van der Waals surface area (Å²) in [7, 11) is 0. The molecule has 0 aromatic heterocycles. The summed E-state index contributed by atoms with van der Waals surface area (Å²) in [5.41, 5.74) is 2.87. The summed E-state index contributed by atoms with van der Waals surface area (Å²) in [6.07, 6.45) is 0. The Hall–Kier alpha value is -1.58. The molecule has 1 atom stereocenters. The molecule has 0 radical (unpaired) electrons. The number of ether oxygens (including phenoxy) is 2. The maximum atomic E-state index is 6.26. The number of anilines is 1. The monoisotopic (exact) mass is 323 g/mol. The summed E-state index contributed by atoms with van der Waals surface area (Å²) >= 11 is 12.4. The number of rotatable bonds is 3. The van der Waals surface area contributed by atoms with E-state index in [2.05, 4.69) is 12.2 Å². The lowest BCUT2D eigenvalue weighted by Crippen LogP contribution is -2.07. The van der Waals surface area contributed by atoms with E-state index in [-0.39, 0.29) is 12.8 Å². The van der Waals surface area contributed by atoms with Crippen LogP contribution in [0.5, 0.6) is 11.5 Å². The third-order valence-electron chi connectivity index (χ3n) is 3.52. The van der Waals surface area contributed by atoms with Crippen molar-refractivity contribution in [2.75, 3.05) is 12.1 Å². The van der Waals surface area contributed by atoms with Crippen molar-refractivity contribution in [3.63, 3.8) is 0 Å². The van der Waals surface area contributed by atoms with Crippen LogP contribution >= 0.6 is 23.2 Å². The van der Waals surface area contributed by atoms with Crippen molar-refractivity contribution in [2.45, 2.75) is 19.9 Å². The molecule has 1 N–H and O–H groups in total. The third kappa shape index (κ3) is 2.89. The van der Waals surface area contributed by atoms with Gasteiger partial charge in [0.05, 0.1) is 10.7 Å². The summed E-state index contributed by atoms with van der Waals surface area (Å²) in [4.78, 5) is 0. The number of halogens is 2. The average Bonchev–Trinajstić information content (AvgIpc) is 2.92. The fourth-order valence-corrected chi connectivity index (χ4v) is 2.69. The molecule has 0 aliphatic carbocycles. The maximum Gasteiger partial charge on any atom is 0.231 e. The normalized spacial score (nSPS) is 14.1. The fourth-order valence-electron chi connectivity index (χ4n) is 2.26. The number of aryl methyl sites for hydroxylation is 1. The van der Waals surface area contributed by atoms with E-state index in [4.69, 9.17) is 32.7 Å². The Morgan fingerprint density at radius 3 is 2.62 bits per heavy atom. The molecule has 110 valence electrons. The second-order valence-corrected chi connectivity index (χ2v) is 5.87. The van der Waals surface area contributed by atoms with Gasteiger partial charge in [-0.15, -0.1) is 0 Å². The minimum atomic E-state index is 0.0655. The molecule has 1 aliphatic rings. The Morgan fingerprint density at radius 1 is 1.05 bits per heavy atom. The first-order valence-corrected chi connectivity index (χ1v) is 7.42. The zero-order valence-corrected chi connectivity index (χ0v) is 13.3. The molecular weight excluding hydrogens is 309 g/mol. The lowest BCUT2D eigenvalue weighted by atomic mass is 10.1. The topological polar surface area (TPSA) is 30.5 Å². The molecule has 1 unspecified atom stereocenters. The summed E-state index contributed by atoms with van der Waals surface area (Å²) in [6, 6.07) is 9.68. The molecule has 1 aliphatic heterocycles. The molecule has 0 bridgehead atoms. The molecule has 3 rings (SSSR count). The Kier molecular flexibility index (Phi) is 3.87. The van der Waals surface area contributed by atoms with Crippen molar-refractivity contribution in [3.05, 3.63) is 51.5 Å². The highest BCUT2D eigenvalue weighted by atomic mass is 35.5. The Morgan fingerprint density at radius 2 is 1.81 bits per heavy atom. The van der Waals surface area contributed by atoms with Crippen molar-refractivity contribution in [2.24, 2.45) is 0 Å². The molecular formula is C16H15Cl2NO2. The number of hydrogen-bond acceptors (Lipinski definition) is 3. The molecule has 21 heavy (non-hydrogen) atoms. The van der Waals surface area contributed by atoms with Crippen LogP contribution in [0.1, 0.15) is 24.1 Å². The van der Waals surface area contributed by atoms with Crippen LogP contribution < -0.4 is 14.8 Å². The number of hydrogen-bond donors (Lipinski definition) is 1. The predicted molar refractivity (Wildman–Crippen MR) is 85.8 cm³/mol. The summed E-state index contributed by atoms with van der Waals surface area (Å²) < 4.78 is 10.7. The van der Waals surface area contributed by atoms with Crippen molar-refractivity contribution in [3.8, 4) is 11.5 Å². The second kappa shape index (κ2) is 5.66. The Bertz CT molecular complexity index is 688. The van der Waals surface area contributed by atoms with Gasteiger partial charge in [-0.1, -0.05) is 29.3 Å². The van der Waals surface area contributed by atoms with Gasteiger partial charge in [-0.3, -0.25) is 0 Å². The largest absolute Gasteiger partial charge is 0.454 e. The number of fused-ring (bicyclic) bond motifs is 1. The number of nitrogens with one attached hydrogen (secondary N) is 1. The SMILES string of the molecule is Cc1cc(Cl)c(NC(C)c2ccc3c(c2)OCO3)cc1Cl. The minimum absolute atomic E-state index is 0.0655. The van der Waals surface area contributed by atoms with Gasteiger partial charge in [0.1, 0.15) is 0 Å². The molecule has 0 amide bonds. The molecule has 1 heterocycles. The minimum Gasteiger partial charge on any atom is -0.454 e. The van der Waals surface area contributed by atoms with E-state index in [1.54, 1.807) is 0 Å². The molecule has 2 aromatic rings. The maximum absolute atomic E-state index is 6.26. The Labute approximate surface area is 133 Å². The van der Waals surface area contributed by atoms with E-state index >= 15 is 0 Å². The van der Waals surface area contributed by atoms with E-state index in [0.717, 1.165) is 28.3 Å². The highest BCUT2D eigenvalue weighted by molar-refractivity contribution is 6.35. The first-order valence-electron chi connectivity index (χ1n) is 6.66. The Balaban J connectivity index is 1.83. The van der Waals surface area contributed by atoms with Crippen LogP contribution in [-0.4, -0.2) is 6.79 Å². The van der Waals surface area contributed by atoms with Crippen LogP contribution in [-0.2, 0) is 0 Å². The quantitative estimate of drug-likeness (QED) is 0.841. The van der Waals surface area contributed by atoms with Crippen molar-refractivity contribution < 1.29 is 9.47 Å². The van der Waals surface area contributed by atoms with Gasteiger partial charge in [-0.25, -0.2) is 0 Å². The first kappa shape index (κ1) is 14.4. The van der Waals surface area contributed by atoms with E-state index in [1.807, 2.05) is 37.3 Å². The predicted octanol–water partition coefficient (Wildman–Crippen LogP) is 5.20. The molecule has 0 saturated heterocycles. The van der Waals surface area contributed by atoms with E-state index < -0.39 is 0 Å². The molecule has 0 spiro atoms. The first-order chi connectivity index (χ1) is 10.0. The number of benzene rings is 2. The van der Waals surface area contributed by atoms with E-state index in [9.17, 15) is 0 Å². The highest BCUT2D eigenvalue weighted by Gasteiger charge is 2.16. The molecule has 0 fully saturated rings. The van der Waals surface area contributed by atoms with Gasteiger partial charge in [0.2, 0.25) is 6.79 Å². The summed E-state index contributed by atoms with van der Waals surface area (Å²) in [6.45, 7) is 4.26. The molecule has 3 nitrogen and oxygen atoms in total. The van der Waals surface area contributed by atoms with Gasteiger partial charge < -0.3 is 14.8 Å². The summed E-state index contributed by atoms with van der Waals surface area (Å²) in [5.74, 6) is 1.55.